The van der Waals surface area contributed by atoms with Crippen LogP contribution in [-0.2, 0) is 4.79 Å². The highest BCUT2D eigenvalue weighted by molar-refractivity contribution is 6.04. The quantitative estimate of drug-likeness (QED) is 0.875. The molecule has 1 unspecified atom stereocenters. The molecule has 1 fully saturated rings. The number of carbonyl (C=O) groups is 2. The van der Waals surface area contributed by atoms with Crippen molar-refractivity contribution in [3.8, 4) is 0 Å². The first-order valence-corrected chi connectivity index (χ1v) is 6.92. The fourth-order valence-corrected chi connectivity index (χ4v) is 2.33. The van der Waals surface area contributed by atoms with Crippen LogP contribution in [0.15, 0.2) is 24.3 Å². The molecule has 0 bridgehead atoms. The Morgan fingerprint density at radius 1 is 1.30 bits per heavy atom. The number of amides is 2. The molecule has 1 saturated heterocycles. The van der Waals surface area contributed by atoms with E-state index >= 15 is 0 Å². The Labute approximate surface area is 119 Å². The average molecular weight is 275 g/mol. The van der Waals surface area contributed by atoms with Crippen molar-refractivity contribution in [3.05, 3.63) is 29.8 Å². The van der Waals surface area contributed by atoms with E-state index in [1.807, 2.05) is 6.07 Å². The summed E-state index contributed by atoms with van der Waals surface area (Å²) in [6.07, 6.45) is 1.90. The predicted molar refractivity (Wildman–Crippen MR) is 78.7 cm³/mol. The molecule has 0 spiro atoms. The van der Waals surface area contributed by atoms with E-state index in [1.165, 1.54) is 4.90 Å². The smallest absolute Gasteiger partial charge is 0.255 e. The summed E-state index contributed by atoms with van der Waals surface area (Å²) in [5.41, 5.74) is 1.11. The zero-order valence-corrected chi connectivity index (χ0v) is 12.0. The highest BCUT2D eigenvalue weighted by Crippen LogP contribution is 2.19. The van der Waals surface area contributed by atoms with Gasteiger partial charge in [0.2, 0.25) is 5.91 Å². The third-order valence-electron chi connectivity index (χ3n) is 3.49. The van der Waals surface area contributed by atoms with Crippen LogP contribution in [0.4, 0.5) is 5.69 Å². The molecule has 2 N–H and O–H groups in total. The molecule has 108 valence electrons. The molecule has 20 heavy (non-hydrogen) atoms. The van der Waals surface area contributed by atoms with Crippen LogP contribution in [-0.4, -0.2) is 43.9 Å². The molecular weight excluding hydrogens is 254 g/mol. The Balaban J connectivity index is 2.12. The molecule has 5 heteroatoms. The van der Waals surface area contributed by atoms with Gasteiger partial charge < -0.3 is 15.5 Å². The van der Waals surface area contributed by atoms with Crippen molar-refractivity contribution in [2.24, 2.45) is 5.92 Å². The number of hydrogen-bond donors (Lipinski definition) is 2. The third-order valence-corrected chi connectivity index (χ3v) is 3.49. The van der Waals surface area contributed by atoms with Gasteiger partial charge in [-0.3, -0.25) is 9.59 Å². The van der Waals surface area contributed by atoms with Crippen LogP contribution in [0, 0.1) is 5.92 Å². The van der Waals surface area contributed by atoms with E-state index in [2.05, 4.69) is 10.6 Å². The van der Waals surface area contributed by atoms with E-state index in [0.717, 1.165) is 19.4 Å². The van der Waals surface area contributed by atoms with Gasteiger partial charge in [0.15, 0.2) is 0 Å². The zero-order chi connectivity index (χ0) is 14.5. The lowest BCUT2D eigenvalue weighted by Crippen LogP contribution is -2.37. The van der Waals surface area contributed by atoms with Crippen LogP contribution in [0.5, 0.6) is 0 Å². The lowest BCUT2D eigenvalue weighted by atomic mass is 9.98. The van der Waals surface area contributed by atoms with E-state index in [0.29, 0.717) is 17.8 Å². The molecule has 1 heterocycles. The Bertz CT molecular complexity index is 494. The minimum absolute atomic E-state index is 0.0174. The van der Waals surface area contributed by atoms with Crippen LogP contribution in [0.3, 0.4) is 0 Å². The average Bonchev–Trinajstić information content (AvgIpc) is 2.48. The molecule has 1 aromatic rings. The molecule has 1 aliphatic heterocycles. The normalized spacial score (nSPS) is 18.4. The number of anilines is 1. The fraction of sp³-hybridized carbons (Fsp3) is 0.467. The molecule has 0 radical (unpaired) electrons. The van der Waals surface area contributed by atoms with Crippen molar-refractivity contribution >= 4 is 17.5 Å². The van der Waals surface area contributed by atoms with E-state index in [4.69, 9.17) is 0 Å². The van der Waals surface area contributed by atoms with Crippen molar-refractivity contribution in [1.29, 1.82) is 0 Å². The van der Waals surface area contributed by atoms with Crippen LogP contribution in [0.25, 0.3) is 0 Å². The van der Waals surface area contributed by atoms with Gasteiger partial charge in [0.1, 0.15) is 0 Å². The molecule has 0 aliphatic carbocycles. The minimum Gasteiger partial charge on any atom is -0.345 e. The van der Waals surface area contributed by atoms with Crippen molar-refractivity contribution < 1.29 is 9.59 Å². The largest absolute Gasteiger partial charge is 0.345 e. The Morgan fingerprint density at radius 2 is 2.05 bits per heavy atom. The van der Waals surface area contributed by atoms with Crippen LogP contribution in [0.2, 0.25) is 0 Å². The summed E-state index contributed by atoms with van der Waals surface area (Å²) in [6.45, 7) is 1.68. The highest BCUT2D eigenvalue weighted by Gasteiger charge is 2.22. The summed E-state index contributed by atoms with van der Waals surface area (Å²) >= 11 is 0. The highest BCUT2D eigenvalue weighted by atomic mass is 16.2. The summed E-state index contributed by atoms with van der Waals surface area (Å²) in [5, 5.41) is 6.11. The summed E-state index contributed by atoms with van der Waals surface area (Å²) in [6, 6.07) is 7.12. The second-order valence-corrected chi connectivity index (χ2v) is 5.28. The maximum Gasteiger partial charge on any atom is 0.255 e. The summed E-state index contributed by atoms with van der Waals surface area (Å²) in [4.78, 5) is 25.8. The van der Waals surface area contributed by atoms with Crippen LogP contribution >= 0.6 is 0 Å². The second kappa shape index (κ2) is 6.52. The molecule has 1 aromatic carbocycles. The molecule has 2 amide bonds. The van der Waals surface area contributed by atoms with Gasteiger partial charge in [-0.25, -0.2) is 0 Å². The molecule has 1 atom stereocenters. The lowest BCUT2D eigenvalue weighted by Gasteiger charge is -2.22. The van der Waals surface area contributed by atoms with E-state index < -0.39 is 0 Å². The first kappa shape index (κ1) is 14.5. The number of para-hydroxylation sites is 1. The third kappa shape index (κ3) is 3.36. The standard InChI is InChI=1S/C15H21N3O2/c1-18(2)15(20)12-7-3-4-8-13(12)17-14(19)11-6-5-9-16-10-11/h3-4,7-8,11,16H,5-6,9-10H2,1-2H3,(H,17,19). The fourth-order valence-electron chi connectivity index (χ4n) is 2.33. The van der Waals surface area contributed by atoms with Gasteiger partial charge in [-0.1, -0.05) is 12.1 Å². The first-order valence-electron chi connectivity index (χ1n) is 6.92. The summed E-state index contributed by atoms with van der Waals surface area (Å²) in [7, 11) is 3.40. The Hall–Kier alpha value is -1.88. The first-order chi connectivity index (χ1) is 9.59. The number of piperidine rings is 1. The van der Waals surface area contributed by atoms with Gasteiger partial charge in [-0.2, -0.15) is 0 Å². The van der Waals surface area contributed by atoms with Gasteiger partial charge in [0.05, 0.1) is 17.2 Å². The molecule has 2 rings (SSSR count). The van der Waals surface area contributed by atoms with Crippen LogP contribution in [0.1, 0.15) is 23.2 Å². The van der Waals surface area contributed by atoms with Crippen LogP contribution < -0.4 is 10.6 Å². The monoisotopic (exact) mass is 275 g/mol. The number of nitrogens with one attached hydrogen (secondary N) is 2. The van der Waals surface area contributed by atoms with Crippen molar-refractivity contribution in [3.63, 3.8) is 0 Å². The minimum atomic E-state index is -0.109. The zero-order valence-electron chi connectivity index (χ0n) is 12.0. The lowest BCUT2D eigenvalue weighted by molar-refractivity contribution is -0.120. The van der Waals surface area contributed by atoms with Crippen molar-refractivity contribution in [2.75, 3.05) is 32.5 Å². The van der Waals surface area contributed by atoms with E-state index in [1.54, 1.807) is 32.3 Å². The Kier molecular flexibility index (Phi) is 4.74. The van der Waals surface area contributed by atoms with Gasteiger partial charge >= 0.3 is 0 Å². The summed E-state index contributed by atoms with van der Waals surface area (Å²) in [5.74, 6) is -0.148. The van der Waals surface area contributed by atoms with Gasteiger partial charge in [-0.05, 0) is 31.5 Å². The van der Waals surface area contributed by atoms with E-state index in [9.17, 15) is 9.59 Å². The van der Waals surface area contributed by atoms with Crippen molar-refractivity contribution in [2.45, 2.75) is 12.8 Å². The van der Waals surface area contributed by atoms with Gasteiger partial charge in [0.25, 0.3) is 5.91 Å². The summed E-state index contributed by atoms with van der Waals surface area (Å²) < 4.78 is 0. The number of hydrogen-bond acceptors (Lipinski definition) is 3. The topological polar surface area (TPSA) is 61.4 Å². The maximum atomic E-state index is 12.2. The number of nitrogens with zero attached hydrogens (tertiary/aromatic N) is 1. The number of benzene rings is 1. The van der Waals surface area contributed by atoms with Gasteiger partial charge in [0, 0.05) is 20.6 Å². The molecular formula is C15H21N3O2. The SMILES string of the molecule is CN(C)C(=O)c1ccccc1NC(=O)C1CCCNC1. The predicted octanol–water partition coefficient (Wildman–Crippen LogP) is 1.33. The van der Waals surface area contributed by atoms with E-state index in [-0.39, 0.29) is 17.7 Å². The number of rotatable bonds is 3. The second-order valence-electron chi connectivity index (χ2n) is 5.28. The molecule has 0 aromatic heterocycles. The Morgan fingerprint density at radius 3 is 2.70 bits per heavy atom. The molecule has 5 nitrogen and oxygen atoms in total. The molecule has 1 aliphatic rings. The maximum absolute atomic E-state index is 12.2. The van der Waals surface area contributed by atoms with Gasteiger partial charge in [-0.15, -0.1) is 0 Å². The van der Waals surface area contributed by atoms with Crippen molar-refractivity contribution in [1.82, 2.24) is 10.2 Å². The number of carbonyl (C=O) groups excluding carboxylic acids is 2. The molecule has 0 saturated carbocycles.